The highest BCUT2D eigenvalue weighted by Crippen LogP contribution is 2.35. The van der Waals surface area contributed by atoms with E-state index in [1.165, 1.54) is 46.2 Å². The van der Waals surface area contributed by atoms with Gasteiger partial charge in [0.1, 0.15) is 5.75 Å². The number of rotatable bonds is 7. The van der Waals surface area contributed by atoms with Crippen molar-refractivity contribution < 1.29 is 45.5 Å². The Morgan fingerprint density at radius 1 is 1.00 bits per heavy atom. The first-order chi connectivity index (χ1) is 20.7. The maximum atomic E-state index is 13.6. The minimum absolute atomic E-state index is 0.0308. The Hall–Kier alpha value is -5.06. The first-order valence-corrected chi connectivity index (χ1v) is 13.1. The van der Waals surface area contributed by atoms with Crippen molar-refractivity contribution in [3.63, 3.8) is 0 Å². The number of hydrogen-bond acceptors (Lipinski definition) is 5. The fourth-order valence-corrected chi connectivity index (χ4v) is 4.79. The highest BCUT2D eigenvalue weighted by Gasteiger charge is 2.35. The van der Waals surface area contributed by atoms with Gasteiger partial charge in [-0.1, -0.05) is 18.2 Å². The van der Waals surface area contributed by atoms with Crippen molar-refractivity contribution in [2.45, 2.75) is 25.3 Å². The molecule has 4 rings (SSSR count). The summed E-state index contributed by atoms with van der Waals surface area (Å²) < 4.78 is 84.7. The van der Waals surface area contributed by atoms with E-state index in [0.717, 1.165) is 24.3 Å². The zero-order chi connectivity index (χ0) is 32.2. The first-order valence-electron chi connectivity index (χ1n) is 13.1. The van der Waals surface area contributed by atoms with E-state index in [4.69, 9.17) is 10.00 Å². The molecule has 44 heavy (non-hydrogen) atoms. The number of nitrogens with one attached hydrogen (secondary N) is 1. The highest BCUT2D eigenvalue weighted by atomic mass is 19.4. The molecule has 0 aromatic heterocycles. The standard InChI is InChI=1S/C30H24F6N4O4/c1-18-15-39(27(42)16-44-23-7-5-21(14-37)25(13-23)30(34,35)36)9-10-40(18)28(43)24-12-20(6-8-26(24)38-17-41)19-3-2-4-22(11-19)29(31,32)33/h2-8,11-13,17-18H,9-10,15-16H2,1H3,(H,38,41). The molecule has 1 fully saturated rings. The number of halogens is 6. The second-order valence-electron chi connectivity index (χ2n) is 9.89. The number of alkyl halides is 6. The lowest BCUT2D eigenvalue weighted by atomic mass is 9.98. The fraction of sp³-hybridized carbons (Fsp3) is 0.267. The van der Waals surface area contributed by atoms with E-state index in [0.29, 0.717) is 18.0 Å². The molecular formula is C30H24F6N4O4. The number of amides is 3. The van der Waals surface area contributed by atoms with Crippen LogP contribution in [0.15, 0.2) is 60.7 Å². The monoisotopic (exact) mass is 618 g/mol. The predicted molar refractivity (Wildman–Crippen MR) is 145 cm³/mol. The Labute approximate surface area is 247 Å². The van der Waals surface area contributed by atoms with Gasteiger partial charge in [0.25, 0.3) is 11.8 Å². The molecule has 1 atom stereocenters. The Morgan fingerprint density at radius 3 is 2.36 bits per heavy atom. The second-order valence-corrected chi connectivity index (χ2v) is 9.89. The van der Waals surface area contributed by atoms with Crippen LogP contribution in [0.2, 0.25) is 0 Å². The summed E-state index contributed by atoms with van der Waals surface area (Å²) in [7, 11) is 0. The Kier molecular flexibility index (Phi) is 9.17. The summed E-state index contributed by atoms with van der Waals surface area (Å²) in [4.78, 5) is 40.4. The summed E-state index contributed by atoms with van der Waals surface area (Å²) in [6.45, 7) is 1.24. The van der Waals surface area contributed by atoms with Crippen LogP contribution >= 0.6 is 0 Å². The van der Waals surface area contributed by atoms with Crippen molar-refractivity contribution in [2.75, 3.05) is 31.6 Å². The quantitative estimate of drug-likeness (QED) is 0.275. The molecule has 14 heteroatoms. The van der Waals surface area contributed by atoms with Crippen LogP contribution in [0, 0.1) is 11.3 Å². The number of nitriles is 1. The van der Waals surface area contributed by atoms with E-state index in [-0.39, 0.29) is 42.2 Å². The molecular weight excluding hydrogens is 594 g/mol. The number of ether oxygens (including phenoxy) is 1. The van der Waals surface area contributed by atoms with Gasteiger partial charge in [0.05, 0.1) is 34.0 Å². The van der Waals surface area contributed by atoms with E-state index in [2.05, 4.69) is 5.32 Å². The Balaban J connectivity index is 1.47. The third kappa shape index (κ3) is 7.11. The van der Waals surface area contributed by atoms with Gasteiger partial charge in [0.2, 0.25) is 6.41 Å². The normalized spacial score (nSPS) is 15.4. The van der Waals surface area contributed by atoms with E-state index in [9.17, 15) is 40.7 Å². The van der Waals surface area contributed by atoms with Gasteiger partial charge in [-0.3, -0.25) is 14.4 Å². The molecule has 1 N–H and O–H groups in total. The zero-order valence-corrected chi connectivity index (χ0v) is 23.0. The molecule has 8 nitrogen and oxygen atoms in total. The molecule has 1 aliphatic rings. The maximum absolute atomic E-state index is 13.6. The van der Waals surface area contributed by atoms with Crippen LogP contribution in [-0.2, 0) is 21.9 Å². The number of hydrogen-bond donors (Lipinski definition) is 1. The molecule has 0 aliphatic carbocycles. The summed E-state index contributed by atoms with van der Waals surface area (Å²) in [5.41, 5.74) is -1.95. The number of nitrogens with zero attached hydrogens (tertiary/aromatic N) is 3. The minimum Gasteiger partial charge on any atom is -0.484 e. The molecule has 3 amide bonds. The summed E-state index contributed by atoms with van der Waals surface area (Å²) in [6, 6.07) is 12.5. The smallest absolute Gasteiger partial charge is 0.417 e. The molecule has 0 spiro atoms. The summed E-state index contributed by atoms with van der Waals surface area (Å²) in [5.74, 6) is -1.32. The lowest BCUT2D eigenvalue weighted by molar-refractivity contribution is -0.138. The molecule has 230 valence electrons. The number of carbonyl (C=O) groups is 3. The predicted octanol–water partition coefficient (Wildman–Crippen LogP) is 5.58. The van der Waals surface area contributed by atoms with Gasteiger partial charge in [-0.05, 0) is 60.5 Å². The van der Waals surface area contributed by atoms with Crippen LogP contribution in [0.25, 0.3) is 11.1 Å². The third-order valence-electron chi connectivity index (χ3n) is 7.01. The summed E-state index contributed by atoms with van der Waals surface area (Å²) in [5, 5.41) is 11.4. The zero-order valence-electron chi connectivity index (χ0n) is 23.0. The van der Waals surface area contributed by atoms with Gasteiger partial charge in [-0.2, -0.15) is 31.6 Å². The molecule has 1 aliphatic heterocycles. The molecule has 1 unspecified atom stereocenters. The van der Waals surface area contributed by atoms with Gasteiger partial charge in [0.15, 0.2) is 6.61 Å². The molecule has 1 heterocycles. The van der Waals surface area contributed by atoms with Gasteiger partial charge in [-0.15, -0.1) is 0 Å². The molecule has 0 bridgehead atoms. The molecule has 0 radical (unpaired) electrons. The minimum atomic E-state index is -4.79. The van der Waals surface area contributed by atoms with E-state index < -0.39 is 53.5 Å². The van der Waals surface area contributed by atoms with E-state index >= 15 is 0 Å². The Bertz CT molecular complexity index is 1620. The van der Waals surface area contributed by atoms with Crippen LogP contribution < -0.4 is 10.1 Å². The summed E-state index contributed by atoms with van der Waals surface area (Å²) in [6.07, 6.45) is -9.00. The van der Waals surface area contributed by atoms with Crippen LogP contribution in [0.4, 0.5) is 32.0 Å². The maximum Gasteiger partial charge on any atom is 0.417 e. The SMILES string of the molecule is CC1CN(C(=O)COc2ccc(C#N)c(C(F)(F)F)c2)CCN1C(=O)c1cc(-c2cccc(C(F)(F)F)c2)ccc1NC=O. The van der Waals surface area contributed by atoms with Gasteiger partial charge < -0.3 is 19.9 Å². The molecule has 3 aromatic rings. The number of benzene rings is 3. The number of piperazine rings is 1. The van der Waals surface area contributed by atoms with Crippen molar-refractivity contribution in [3.8, 4) is 22.9 Å². The van der Waals surface area contributed by atoms with Crippen molar-refractivity contribution >= 4 is 23.9 Å². The first kappa shape index (κ1) is 31.9. The van der Waals surface area contributed by atoms with Crippen LogP contribution in [0.1, 0.15) is 34.0 Å². The van der Waals surface area contributed by atoms with E-state index in [1.807, 2.05) is 0 Å². The Morgan fingerprint density at radius 2 is 1.73 bits per heavy atom. The lowest BCUT2D eigenvalue weighted by Crippen LogP contribution is -2.56. The average Bonchev–Trinajstić information content (AvgIpc) is 2.99. The largest absolute Gasteiger partial charge is 0.484 e. The fourth-order valence-electron chi connectivity index (χ4n) is 4.79. The van der Waals surface area contributed by atoms with Crippen LogP contribution in [0.5, 0.6) is 5.75 Å². The average molecular weight is 619 g/mol. The van der Waals surface area contributed by atoms with Gasteiger partial charge >= 0.3 is 12.4 Å². The van der Waals surface area contributed by atoms with Crippen molar-refractivity contribution in [1.82, 2.24) is 9.80 Å². The van der Waals surface area contributed by atoms with Gasteiger partial charge in [0, 0.05) is 25.7 Å². The molecule has 1 saturated heterocycles. The third-order valence-corrected chi connectivity index (χ3v) is 7.01. The number of carbonyl (C=O) groups excluding carboxylic acids is 3. The molecule has 3 aromatic carbocycles. The molecule has 0 saturated carbocycles. The van der Waals surface area contributed by atoms with Crippen molar-refractivity contribution in [3.05, 3.63) is 82.9 Å². The topological polar surface area (TPSA) is 103 Å². The van der Waals surface area contributed by atoms with Crippen LogP contribution in [-0.4, -0.2) is 60.3 Å². The number of anilines is 1. The van der Waals surface area contributed by atoms with Crippen molar-refractivity contribution in [2.24, 2.45) is 0 Å². The van der Waals surface area contributed by atoms with Crippen molar-refractivity contribution in [1.29, 1.82) is 5.26 Å². The van der Waals surface area contributed by atoms with Gasteiger partial charge in [-0.25, -0.2) is 0 Å². The second kappa shape index (κ2) is 12.7. The van der Waals surface area contributed by atoms with E-state index in [1.54, 1.807) is 6.92 Å². The lowest BCUT2D eigenvalue weighted by Gasteiger charge is -2.40. The highest BCUT2D eigenvalue weighted by molar-refractivity contribution is 6.02. The summed E-state index contributed by atoms with van der Waals surface area (Å²) >= 11 is 0. The van der Waals surface area contributed by atoms with Crippen LogP contribution in [0.3, 0.4) is 0 Å².